The van der Waals surface area contributed by atoms with E-state index in [1.54, 1.807) is 0 Å². The van der Waals surface area contributed by atoms with Gasteiger partial charge in [-0.15, -0.1) is 0 Å². The summed E-state index contributed by atoms with van der Waals surface area (Å²) in [5, 5.41) is 0. The average Bonchev–Trinajstić information content (AvgIpc) is 0.811. The molecular weight excluding hydrogens is 448 g/mol. The second-order valence-corrected chi connectivity index (χ2v) is 35.6. The molecule has 0 aromatic heterocycles. The van der Waals surface area contributed by atoms with E-state index in [0.29, 0.717) is 0 Å². The third-order valence-corrected chi connectivity index (χ3v) is 0. The van der Waals surface area contributed by atoms with Gasteiger partial charge in [0.25, 0.3) is 0 Å². The SMILES string of the molecule is O.[I][V]([I])[I]. The first-order valence-electron chi connectivity index (χ1n) is 0.507. The maximum absolute atomic E-state index is 2.46. The van der Waals surface area contributed by atoms with Crippen LogP contribution >= 0.6 is 59.9 Å². The van der Waals surface area contributed by atoms with Crippen LogP contribution in [0.3, 0.4) is 0 Å². The van der Waals surface area contributed by atoms with Crippen molar-refractivity contribution in [3.8, 4) is 0 Å². The van der Waals surface area contributed by atoms with Gasteiger partial charge < -0.3 is 5.48 Å². The summed E-state index contributed by atoms with van der Waals surface area (Å²) in [6.45, 7) is 0. The van der Waals surface area contributed by atoms with Gasteiger partial charge in [-0.25, -0.2) is 0 Å². The molecule has 0 amide bonds. The van der Waals surface area contributed by atoms with Crippen molar-refractivity contribution in [2.45, 2.75) is 0 Å². The van der Waals surface area contributed by atoms with Crippen LogP contribution in [-0.4, -0.2) is 5.48 Å². The Balaban J connectivity index is 0. The Morgan fingerprint density at radius 2 is 1.00 bits per heavy atom. The number of hydrogen-bond acceptors (Lipinski definition) is 0. The van der Waals surface area contributed by atoms with Crippen molar-refractivity contribution < 1.29 is 10.4 Å². The Bertz CT molecular complexity index is 11.6. The first-order chi connectivity index (χ1) is 1.73. The van der Waals surface area contributed by atoms with Crippen LogP contribution in [0.25, 0.3) is 0 Å². The number of halogens is 3. The summed E-state index contributed by atoms with van der Waals surface area (Å²) in [4.78, 5) is -0.278. The maximum atomic E-state index is 2.46. The van der Waals surface area contributed by atoms with Crippen LogP contribution in [0.2, 0.25) is 0 Å². The molecule has 5 heavy (non-hydrogen) atoms. The second-order valence-electron chi connectivity index (χ2n) is 0.192. The van der Waals surface area contributed by atoms with Gasteiger partial charge in [0.1, 0.15) is 0 Å². The predicted molar refractivity (Wildman–Crippen MR) is 45.7 cm³/mol. The fourth-order valence-corrected chi connectivity index (χ4v) is 0. The summed E-state index contributed by atoms with van der Waals surface area (Å²) in [5.41, 5.74) is 0. The van der Waals surface area contributed by atoms with Crippen molar-refractivity contribution in [1.82, 2.24) is 0 Å². The Morgan fingerprint density at radius 3 is 1.00 bits per heavy atom. The van der Waals surface area contributed by atoms with Gasteiger partial charge in [-0.2, -0.15) is 0 Å². The Labute approximate surface area is 68.7 Å². The van der Waals surface area contributed by atoms with E-state index in [2.05, 4.69) is 59.9 Å². The van der Waals surface area contributed by atoms with Gasteiger partial charge in [-0.05, 0) is 0 Å². The Kier molecular flexibility index (Phi) is 14.4. The van der Waals surface area contributed by atoms with Crippen molar-refractivity contribution in [3.63, 3.8) is 0 Å². The van der Waals surface area contributed by atoms with Crippen LogP contribution in [0.4, 0.5) is 0 Å². The zero-order chi connectivity index (χ0) is 3.58. The van der Waals surface area contributed by atoms with Crippen molar-refractivity contribution in [2.75, 3.05) is 0 Å². The van der Waals surface area contributed by atoms with E-state index in [0.717, 1.165) is 0 Å². The Morgan fingerprint density at radius 1 is 1.00 bits per heavy atom. The van der Waals surface area contributed by atoms with Gasteiger partial charge in [0.15, 0.2) is 0 Å². The van der Waals surface area contributed by atoms with Crippen LogP contribution in [0.15, 0.2) is 0 Å². The van der Waals surface area contributed by atoms with Gasteiger partial charge in [0.05, 0.1) is 0 Å². The quantitative estimate of drug-likeness (QED) is 0.506. The third kappa shape index (κ3) is 20.2. The fraction of sp³-hybridized carbons (Fsp3) is 0. The Hall–Kier alpha value is 2.73. The summed E-state index contributed by atoms with van der Waals surface area (Å²) in [6, 6.07) is 0. The van der Waals surface area contributed by atoms with Crippen molar-refractivity contribution in [2.24, 2.45) is 0 Å². The van der Waals surface area contributed by atoms with Crippen molar-refractivity contribution in [1.29, 1.82) is 0 Å². The van der Waals surface area contributed by atoms with Crippen molar-refractivity contribution in [3.05, 3.63) is 0 Å². The minimum absolute atomic E-state index is 0. The standard InChI is InChI=1S/3HI.H2O.V/h3*1H;1H2;/q;;;;+3/p-3. The van der Waals surface area contributed by atoms with E-state index in [4.69, 9.17) is 0 Å². The molecular formula is H2I3OV. The van der Waals surface area contributed by atoms with Crippen LogP contribution < -0.4 is 0 Å². The molecule has 0 fully saturated rings. The van der Waals surface area contributed by atoms with Crippen molar-refractivity contribution >= 4 is 59.9 Å². The molecule has 0 aliphatic rings. The van der Waals surface area contributed by atoms with Crippen LogP contribution in [0, 0.1) is 0 Å². The summed E-state index contributed by atoms with van der Waals surface area (Å²) in [7, 11) is 0. The molecule has 0 aliphatic carbocycles. The normalized spacial score (nSPS) is 7.20. The molecule has 0 rings (SSSR count). The molecule has 5 heteroatoms. The minimum atomic E-state index is -0.278. The van der Waals surface area contributed by atoms with Crippen LogP contribution in [-0.2, 0) is 4.92 Å². The molecule has 0 aromatic rings. The third-order valence-electron chi connectivity index (χ3n) is 0. The second kappa shape index (κ2) is 6.73. The summed E-state index contributed by atoms with van der Waals surface area (Å²) < 4.78 is 0. The molecule has 0 saturated carbocycles. The zero-order valence-corrected chi connectivity index (χ0v) is 9.95. The topological polar surface area (TPSA) is 31.5 Å². The molecule has 2 N–H and O–H groups in total. The predicted octanol–water partition coefficient (Wildman–Crippen LogP) is 1.83. The number of hydrogen-bond donors (Lipinski definition) is 0. The van der Waals surface area contributed by atoms with E-state index in [9.17, 15) is 0 Å². The molecule has 0 bridgehead atoms. The van der Waals surface area contributed by atoms with Gasteiger partial charge in [0, 0.05) is 0 Å². The van der Waals surface area contributed by atoms with Gasteiger partial charge in [0.2, 0.25) is 0 Å². The molecule has 1 nitrogen and oxygen atoms in total. The number of rotatable bonds is 0. The fourth-order valence-electron chi connectivity index (χ4n) is 0. The summed E-state index contributed by atoms with van der Waals surface area (Å²) in [6.07, 6.45) is 0. The molecule has 0 heterocycles. The summed E-state index contributed by atoms with van der Waals surface area (Å²) in [5.74, 6) is 0. The van der Waals surface area contributed by atoms with E-state index in [1.807, 2.05) is 0 Å². The molecule has 0 unspecified atom stereocenters. The average molecular weight is 450 g/mol. The molecule has 0 aromatic carbocycles. The van der Waals surface area contributed by atoms with Crippen LogP contribution in [0.5, 0.6) is 0 Å². The summed E-state index contributed by atoms with van der Waals surface area (Å²) >= 11 is 7.39. The molecule has 0 saturated heterocycles. The molecule has 34 valence electrons. The van der Waals surface area contributed by atoms with E-state index >= 15 is 0 Å². The first-order valence-corrected chi connectivity index (χ1v) is 14.0. The molecule has 0 spiro atoms. The van der Waals surface area contributed by atoms with Gasteiger partial charge >= 0.3 is 64.9 Å². The van der Waals surface area contributed by atoms with Gasteiger partial charge in [-0.1, -0.05) is 0 Å². The molecule has 0 radical (unpaired) electrons. The van der Waals surface area contributed by atoms with E-state index < -0.39 is 0 Å². The molecule has 0 atom stereocenters. The van der Waals surface area contributed by atoms with E-state index in [1.165, 1.54) is 0 Å². The first kappa shape index (κ1) is 10.7. The van der Waals surface area contributed by atoms with E-state index in [-0.39, 0.29) is 10.4 Å². The van der Waals surface area contributed by atoms with Gasteiger partial charge in [-0.3, -0.25) is 0 Å². The van der Waals surface area contributed by atoms with Crippen LogP contribution in [0.1, 0.15) is 0 Å². The monoisotopic (exact) mass is 450 g/mol. The zero-order valence-electron chi connectivity index (χ0n) is 2.08. The molecule has 0 aliphatic heterocycles.